The Morgan fingerprint density at radius 2 is 2.30 bits per heavy atom. The lowest BCUT2D eigenvalue weighted by Crippen LogP contribution is -2.00. The number of halogens is 1. The van der Waals surface area contributed by atoms with Gasteiger partial charge in [0.2, 0.25) is 0 Å². The van der Waals surface area contributed by atoms with E-state index in [9.17, 15) is 9.90 Å². The summed E-state index contributed by atoms with van der Waals surface area (Å²) in [6, 6.07) is 3.53. The molecule has 0 atom stereocenters. The van der Waals surface area contributed by atoms with Crippen molar-refractivity contribution in [3.05, 3.63) is 44.9 Å². The van der Waals surface area contributed by atoms with Crippen LogP contribution in [0.1, 0.15) is 39.9 Å². The minimum absolute atomic E-state index is 0.218. The summed E-state index contributed by atoms with van der Waals surface area (Å²) in [5, 5.41) is 9.71. The number of carbonyl (C=O) groups is 1. The molecule has 0 unspecified atom stereocenters. The minimum Gasteiger partial charge on any atom is -0.487 e. The first kappa shape index (κ1) is 14.8. The number of aromatic carboxylic acids is 1. The van der Waals surface area contributed by atoms with Crippen LogP contribution >= 0.6 is 22.9 Å². The van der Waals surface area contributed by atoms with Gasteiger partial charge in [0.1, 0.15) is 12.4 Å². The summed E-state index contributed by atoms with van der Waals surface area (Å²) in [4.78, 5) is 16.3. The van der Waals surface area contributed by atoms with Gasteiger partial charge in [0.25, 0.3) is 0 Å². The molecule has 0 aromatic carbocycles. The topological polar surface area (TPSA) is 59.4 Å². The van der Waals surface area contributed by atoms with E-state index in [4.69, 9.17) is 16.3 Å². The Morgan fingerprint density at radius 3 is 2.90 bits per heavy atom. The summed E-state index contributed by atoms with van der Waals surface area (Å²) >= 11 is 7.24. The number of thiophene rings is 1. The molecule has 0 saturated carbocycles. The van der Waals surface area contributed by atoms with Gasteiger partial charge in [0, 0.05) is 22.8 Å². The summed E-state index contributed by atoms with van der Waals surface area (Å²) in [6.07, 6.45) is 3.15. The van der Waals surface area contributed by atoms with Crippen LogP contribution in [0.25, 0.3) is 0 Å². The van der Waals surface area contributed by atoms with Gasteiger partial charge in [-0.25, -0.2) is 4.79 Å². The molecule has 2 aromatic rings. The molecule has 20 heavy (non-hydrogen) atoms. The van der Waals surface area contributed by atoms with Crippen LogP contribution in [0.3, 0.4) is 0 Å². The molecule has 4 nitrogen and oxygen atoms in total. The number of ether oxygens (including phenoxy) is 1. The van der Waals surface area contributed by atoms with E-state index in [0.29, 0.717) is 10.8 Å². The number of pyridine rings is 1. The Balaban J connectivity index is 2.20. The number of hydrogen-bond acceptors (Lipinski definition) is 4. The molecular weight excluding hydrogens is 298 g/mol. The molecular formula is C14H14ClNO3S. The Bertz CT molecular complexity index is 625. The zero-order chi connectivity index (χ0) is 14.7. The quantitative estimate of drug-likeness (QED) is 0.899. The van der Waals surface area contributed by atoms with Crippen molar-refractivity contribution < 1.29 is 14.6 Å². The van der Waals surface area contributed by atoms with Crippen LogP contribution in [-0.2, 0) is 6.61 Å². The van der Waals surface area contributed by atoms with Gasteiger partial charge in [-0.05, 0) is 18.1 Å². The van der Waals surface area contributed by atoms with Gasteiger partial charge >= 0.3 is 5.97 Å². The molecule has 0 amide bonds. The molecule has 0 bridgehead atoms. The molecule has 0 saturated heterocycles. The molecule has 0 radical (unpaired) electrons. The van der Waals surface area contributed by atoms with Gasteiger partial charge in [-0.2, -0.15) is 0 Å². The highest BCUT2D eigenvalue weighted by molar-refractivity contribution is 7.14. The zero-order valence-electron chi connectivity index (χ0n) is 11.1. The van der Waals surface area contributed by atoms with Gasteiger partial charge in [-0.1, -0.05) is 25.4 Å². The van der Waals surface area contributed by atoms with E-state index < -0.39 is 5.97 Å². The maximum absolute atomic E-state index is 11.2. The monoisotopic (exact) mass is 311 g/mol. The van der Waals surface area contributed by atoms with Crippen LogP contribution in [0.2, 0.25) is 5.02 Å². The van der Waals surface area contributed by atoms with Crippen molar-refractivity contribution in [3.63, 3.8) is 0 Å². The second kappa shape index (κ2) is 6.24. The lowest BCUT2D eigenvalue weighted by molar-refractivity contribution is 0.0697. The van der Waals surface area contributed by atoms with E-state index in [2.05, 4.69) is 4.98 Å². The molecule has 2 heterocycles. The zero-order valence-corrected chi connectivity index (χ0v) is 12.7. The third-order valence-corrected chi connectivity index (χ3v) is 4.47. The molecule has 0 spiro atoms. The molecule has 2 aromatic heterocycles. The summed E-state index contributed by atoms with van der Waals surface area (Å²) < 4.78 is 5.61. The van der Waals surface area contributed by atoms with E-state index in [-0.39, 0.29) is 17.4 Å². The maximum Gasteiger partial charge on any atom is 0.349 e. The molecule has 0 aliphatic carbocycles. The van der Waals surface area contributed by atoms with Crippen LogP contribution in [0, 0.1) is 0 Å². The van der Waals surface area contributed by atoms with Crippen LogP contribution in [0.15, 0.2) is 24.5 Å². The van der Waals surface area contributed by atoms with Gasteiger partial charge < -0.3 is 9.84 Å². The molecule has 0 aliphatic rings. The highest BCUT2D eigenvalue weighted by atomic mass is 35.5. The highest BCUT2D eigenvalue weighted by Crippen LogP contribution is 2.34. The first-order valence-electron chi connectivity index (χ1n) is 6.07. The summed E-state index contributed by atoms with van der Waals surface area (Å²) in [5.74, 6) is -0.322. The van der Waals surface area contributed by atoms with Crippen molar-refractivity contribution in [1.29, 1.82) is 0 Å². The second-order valence-corrected chi connectivity index (χ2v) is 6.05. The number of carboxylic acids is 1. The van der Waals surface area contributed by atoms with Crippen molar-refractivity contribution in [2.24, 2.45) is 0 Å². The lowest BCUT2D eigenvalue weighted by Gasteiger charge is -2.06. The molecule has 2 rings (SSSR count). The molecule has 0 fully saturated rings. The Hall–Kier alpha value is -1.59. The first-order valence-corrected chi connectivity index (χ1v) is 7.26. The third-order valence-electron chi connectivity index (χ3n) is 2.72. The lowest BCUT2D eigenvalue weighted by atomic mass is 10.2. The summed E-state index contributed by atoms with van der Waals surface area (Å²) in [5.41, 5.74) is 0.773. The second-order valence-electron chi connectivity index (χ2n) is 4.56. The highest BCUT2D eigenvalue weighted by Gasteiger charge is 2.18. The normalized spacial score (nSPS) is 10.8. The first-order chi connectivity index (χ1) is 9.49. The largest absolute Gasteiger partial charge is 0.487 e. The smallest absolute Gasteiger partial charge is 0.349 e. The Morgan fingerprint density at radius 1 is 1.55 bits per heavy atom. The standard InChI is InChI=1S/C14H14ClNO3S/c1-8(2)12-5-11(13(20-12)14(17)18)19-7-9-3-4-16-6-10(9)15/h3-6,8H,7H2,1-2H3,(H,17,18). The van der Waals surface area contributed by atoms with E-state index in [1.54, 1.807) is 18.3 Å². The third kappa shape index (κ3) is 3.29. The van der Waals surface area contributed by atoms with Crippen LogP contribution < -0.4 is 4.74 Å². The Kier molecular flexibility index (Phi) is 4.62. The molecule has 1 N–H and O–H groups in total. The van der Waals surface area contributed by atoms with Gasteiger partial charge in [0.15, 0.2) is 4.88 Å². The number of aromatic nitrogens is 1. The molecule has 106 valence electrons. The number of rotatable bonds is 5. The van der Waals surface area contributed by atoms with E-state index in [1.807, 2.05) is 13.8 Å². The number of carboxylic acid groups (broad SMARTS) is 1. The predicted octanol–water partition coefficient (Wildman–Crippen LogP) is 4.20. The Labute approximate surface area is 126 Å². The fourth-order valence-electron chi connectivity index (χ4n) is 1.61. The minimum atomic E-state index is -0.974. The van der Waals surface area contributed by atoms with Crippen LogP contribution in [0.4, 0.5) is 0 Å². The molecule has 6 heteroatoms. The molecule has 0 aliphatic heterocycles. The van der Waals surface area contributed by atoms with Crippen molar-refractivity contribution in [3.8, 4) is 5.75 Å². The number of hydrogen-bond donors (Lipinski definition) is 1. The predicted molar refractivity (Wildman–Crippen MR) is 78.9 cm³/mol. The van der Waals surface area contributed by atoms with Crippen molar-refractivity contribution >= 4 is 28.9 Å². The number of nitrogens with zero attached hydrogens (tertiary/aromatic N) is 1. The average molecular weight is 312 g/mol. The maximum atomic E-state index is 11.2. The fraction of sp³-hybridized carbons (Fsp3) is 0.286. The van der Waals surface area contributed by atoms with E-state index >= 15 is 0 Å². The van der Waals surface area contributed by atoms with Crippen LogP contribution in [-0.4, -0.2) is 16.1 Å². The fourth-order valence-corrected chi connectivity index (χ4v) is 2.73. The van der Waals surface area contributed by atoms with Gasteiger partial charge in [-0.3, -0.25) is 4.98 Å². The van der Waals surface area contributed by atoms with Crippen molar-refractivity contribution in [2.75, 3.05) is 0 Å². The summed E-state index contributed by atoms with van der Waals surface area (Å²) in [6.45, 7) is 4.25. The summed E-state index contributed by atoms with van der Waals surface area (Å²) in [7, 11) is 0. The SMILES string of the molecule is CC(C)c1cc(OCc2ccncc2Cl)c(C(=O)O)s1. The van der Waals surface area contributed by atoms with Gasteiger partial charge in [-0.15, -0.1) is 11.3 Å². The van der Waals surface area contributed by atoms with E-state index in [1.165, 1.54) is 17.5 Å². The van der Waals surface area contributed by atoms with Gasteiger partial charge in [0.05, 0.1) is 5.02 Å². The van der Waals surface area contributed by atoms with Crippen LogP contribution in [0.5, 0.6) is 5.75 Å². The van der Waals surface area contributed by atoms with Crippen molar-refractivity contribution in [2.45, 2.75) is 26.4 Å². The van der Waals surface area contributed by atoms with Crippen molar-refractivity contribution in [1.82, 2.24) is 4.98 Å². The average Bonchev–Trinajstić information content (AvgIpc) is 2.82. The van der Waals surface area contributed by atoms with E-state index in [0.717, 1.165) is 10.4 Å².